The van der Waals surface area contributed by atoms with Crippen molar-refractivity contribution in [2.45, 2.75) is 26.7 Å². The van der Waals surface area contributed by atoms with Crippen molar-refractivity contribution in [3.63, 3.8) is 0 Å². The standard InChI is InChI=1S/C19H25N5O/c1-15-5-3-6-17(22-15)7-10-23-8-4-9-24(12-11-23)19(25)18-14-20-16(2)13-21-18/h3,5-6,13-14H,4,7-12H2,1-2H3. The molecule has 0 bridgehead atoms. The summed E-state index contributed by atoms with van der Waals surface area (Å²) in [7, 11) is 0. The molecule has 6 heteroatoms. The van der Waals surface area contributed by atoms with Gasteiger partial charge >= 0.3 is 0 Å². The minimum atomic E-state index is -0.0188. The Morgan fingerprint density at radius 3 is 2.68 bits per heavy atom. The monoisotopic (exact) mass is 339 g/mol. The summed E-state index contributed by atoms with van der Waals surface area (Å²) in [6.07, 6.45) is 5.14. The van der Waals surface area contributed by atoms with Crippen LogP contribution in [0.4, 0.5) is 0 Å². The lowest BCUT2D eigenvalue weighted by molar-refractivity contribution is 0.0755. The third-order valence-electron chi connectivity index (χ3n) is 4.51. The zero-order valence-electron chi connectivity index (χ0n) is 15.0. The van der Waals surface area contributed by atoms with Gasteiger partial charge in [0.1, 0.15) is 5.69 Å². The predicted molar refractivity (Wildman–Crippen MR) is 96.4 cm³/mol. The van der Waals surface area contributed by atoms with Gasteiger partial charge in [-0.1, -0.05) is 6.07 Å². The first-order valence-electron chi connectivity index (χ1n) is 8.84. The number of hydrogen-bond donors (Lipinski definition) is 0. The van der Waals surface area contributed by atoms with Gasteiger partial charge in [0.15, 0.2) is 0 Å². The van der Waals surface area contributed by atoms with Crippen LogP contribution in [0, 0.1) is 13.8 Å². The number of rotatable bonds is 4. The number of carbonyl (C=O) groups excluding carboxylic acids is 1. The Kier molecular flexibility index (Phi) is 5.71. The van der Waals surface area contributed by atoms with Crippen molar-refractivity contribution in [1.29, 1.82) is 0 Å². The molecule has 0 aliphatic carbocycles. The number of pyridine rings is 1. The van der Waals surface area contributed by atoms with Gasteiger partial charge < -0.3 is 9.80 Å². The Morgan fingerprint density at radius 2 is 1.92 bits per heavy atom. The molecule has 0 spiro atoms. The fourth-order valence-electron chi connectivity index (χ4n) is 3.07. The Balaban J connectivity index is 1.53. The molecule has 132 valence electrons. The fourth-order valence-corrected chi connectivity index (χ4v) is 3.07. The second-order valence-corrected chi connectivity index (χ2v) is 6.55. The van der Waals surface area contributed by atoms with Crippen LogP contribution in [0.1, 0.15) is 34.0 Å². The van der Waals surface area contributed by atoms with E-state index in [2.05, 4.69) is 32.0 Å². The predicted octanol–water partition coefficient (Wildman–Crippen LogP) is 1.88. The minimum absolute atomic E-state index is 0.0188. The van der Waals surface area contributed by atoms with Gasteiger partial charge in [0, 0.05) is 50.2 Å². The van der Waals surface area contributed by atoms with Crippen LogP contribution >= 0.6 is 0 Å². The summed E-state index contributed by atoms with van der Waals surface area (Å²) in [5, 5.41) is 0. The largest absolute Gasteiger partial charge is 0.336 e. The van der Waals surface area contributed by atoms with E-state index in [1.54, 1.807) is 12.4 Å². The third kappa shape index (κ3) is 4.82. The first-order valence-corrected chi connectivity index (χ1v) is 8.84. The minimum Gasteiger partial charge on any atom is -0.336 e. The SMILES string of the molecule is Cc1cnc(C(=O)N2CCCN(CCc3cccc(C)n3)CC2)cn1. The van der Waals surface area contributed by atoms with E-state index in [0.717, 1.165) is 62.6 Å². The summed E-state index contributed by atoms with van der Waals surface area (Å²) < 4.78 is 0. The molecule has 0 unspecified atom stereocenters. The topological polar surface area (TPSA) is 62.2 Å². The summed E-state index contributed by atoms with van der Waals surface area (Å²) in [6.45, 7) is 8.26. The average Bonchev–Trinajstić information content (AvgIpc) is 2.86. The van der Waals surface area contributed by atoms with Gasteiger partial charge in [0.2, 0.25) is 0 Å². The van der Waals surface area contributed by atoms with Gasteiger partial charge in [-0.25, -0.2) is 4.98 Å². The van der Waals surface area contributed by atoms with Crippen LogP contribution in [0.15, 0.2) is 30.6 Å². The second kappa shape index (κ2) is 8.16. The maximum atomic E-state index is 12.6. The molecule has 2 aromatic rings. The molecule has 0 saturated carbocycles. The number of carbonyl (C=O) groups is 1. The van der Waals surface area contributed by atoms with Crippen molar-refractivity contribution in [2.24, 2.45) is 0 Å². The number of amides is 1. The van der Waals surface area contributed by atoms with Crippen molar-refractivity contribution in [3.8, 4) is 0 Å². The van der Waals surface area contributed by atoms with E-state index in [0.29, 0.717) is 5.69 Å². The highest BCUT2D eigenvalue weighted by Crippen LogP contribution is 2.09. The van der Waals surface area contributed by atoms with Crippen LogP contribution in [-0.4, -0.2) is 63.4 Å². The molecule has 1 amide bonds. The van der Waals surface area contributed by atoms with Gasteiger partial charge in [-0.3, -0.25) is 14.8 Å². The van der Waals surface area contributed by atoms with E-state index in [1.807, 2.05) is 24.8 Å². The van der Waals surface area contributed by atoms with Crippen molar-refractivity contribution in [1.82, 2.24) is 24.8 Å². The lowest BCUT2D eigenvalue weighted by Gasteiger charge is -2.21. The van der Waals surface area contributed by atoms with E-state index < -0.39 is 0 Å². The number of hydrogen-bond acceptors (Lipinski definition) is 5. The molecule has 0 aromatic carbocycles. The molecule has 2 aromatic heterocycles. The van der Waals surface area contributed by atoms with Gasteiger partial charge in [-0.05, 0) is 38.9 Å². The molecule has 0 N–H and O–H groups in total. The molecule has 1 aliphatic rings. The van der Waals surface area contributed by atoms with Crippen molar-refractivity contribution in [2.75, 3.05) is 32.7 Å². The van der Waals surface area contributed by atoms with E-state index in [9.17, 15) is 4.79 Å². The first-order chi connectivity index (χ1) is 12.1. The summed E-state index contributed by atoms with van der Waals surface area (Å²) in [5.74, 6) is -0.0188. The molecule has 3 heterocycles. The van der Waals surface area contributed by atoms with Crippen LogP contribution in [0.25, 0.3) is 0 Å². The highest BCUT2D eigenvalue weighted by Gasteiger charge is 2.21. The molecule has 0 radical (unpaired) electrons. The van der Waals surface area contributed by atoms with Crippen LogP contribution in [0.5, 0.6) is 0 Å². The fraction of sp³-hybridized carbons (Fsp3) is 0.474. The van der Waals surface area contributed by atoms with Gasteiger partial charge in [0.05, 0.1) is 11.9 Å². The molecule has 1 fully saturated rings. The lowest BCUT2D eigenvalue weighted by Crippen LogP contribution is -2.36. The van der Waals surface area contributed by atoms with Gasteiger partial charge in [0.25, 0.3) is 5.91 Å². The molecular formula is C19H25N5O. The van der Waals surface area contributed by atoms with E-state index in [-0.39, 0.29) is 5.91 Å². The maximum absolute atomic E-state index is 12.6. The van der Waals surface area contributed by atoms with Crippen LogP contribution in [0.3, 0.4) is 0 Å². The summed E-state index contributed by atoms with van der Waals surface area (Å²) in [5.41, 5.74) is 3.45. The Morgan fingerprint density at radius 1 is 1.04 bits per heavy atom. The molecule has 1 aliphatic heterocycles. The highest BCUT2D eigenvalue weighted by molar-refractivity contribution is 5.92. The van der Waals surface area contributed by atoms with Crippen LogP contribution in [0.2, 0.25) is 0 Å². The average molecular weight is 339 g/mol. The normalized spacial score (nSPS) is 15.8. The van der Waals surface area contributed by atoms with E-state index in [1.165, 1.54) is 0 Å². The molecule has 6 nitrogen and oxygen atoms in total. The van der Waals surface area contributed by atoms with E-state index in [4.69, 9.17) is 0 Å². The lowest BCUT2D eigenvalue weighted by atomic mass is 10.2. The quantitative estimate of drug-likeness (QED) is 0.851. The molecule has 25 heavy (non-hydrogen) atoms. The Labute approximate surface area is 148 Å². The maximum Gasteiger partial charge on any atom is 0.274 e. The van der Waals surface area contributed by atoms with Crippen molar-refractivity contribution in [3.05, 3.63) is 53.4 Å². The molecule has 0 atom stereocenters. The second-order valence-electron chi connectivity index (χ2n) is 6.55. The smallest absolute Gasteiger partial charge is 0.274 e. The summed E-state index contributed by atoms with van der Waals surface area (Å²) in [6, 6.07) is 6.16. The zero-order valence-corrected chi connectivity index (χ0v) is 15.0. The number of nitrogens with zero attached hydrogens (tertiary/aromatic N) is 5. The van der Waals surface area contributed by atoms with Crippen molar-refractivity contribution < 1.29 is 4.79 Å². The molecule has 1 saturated heterocycles. The number of aromatic nitrogens is 3. The highest BCUT2D eigenvalue weighted by atomic mass is 16.2. The first kappa shape index (κ1) is 17.5. The van der Waals surface area contributed by atoms with Gasteiger partial charge in [-0.2, -0.15) is 0 Å². The zero-order chi connectivity index (χ0) is 17.6. The van der Waals surface area contributed by atoms with Crippen LogP contribution in [-0.2, 0) is 6.42 Å². The molecular weight excluding hydrogens is 314 g/mol. The Hall–Kier alpha value is -2.34. The Bertz CT molecular complexity index is 716. The summed E-state index contributed by atoms with van der Waals surface area (Å²) in [4.78, 5) is 29.8. The molecule has 3 rings (SSSR count). The van der Waals surface area contributed by atoms with Crippen molar-refractivity contribution >= 4 is 5.91 Å². The summed E-state index contributed by atoms with van der Waals surface area (Å²) >= 11 is 0. The van der Waals surface area contributed by atoms with Gasteiger partial charge in [-0.15, -0.1) is 0 Å². The number of aryl methyl sites for hydroxylation is 2. The van der Waals surface area contributed by atoms with Crippen LogP contribution < -0.4 is 0 Å². The third-order valence-corrected chi connectivity index (χ3v) is 4.51. The van der Waals surface area contributed by atoms with E-state index >= 15 is 0 Å².